The van der Waals surface area contributed by atoms with E-state index in [0.717, 1.165) is 24.8 Å². The second-order valence-corrected chi connectivity index (χ2v) is 11.4. The van der Waals surface area contributed by atoms with Crippen LogP contribution in [0.4, 0.5) is 8.78 Å². The van der Waals surface area contributed by atoms with E-state index in [1.807, 2.05) is 18.5 Å². The quantitative estimate of drug-likeness (QED) is 0.229. The van der Waals surface area contributed by atoms with Gasteiger partial charge in [0.1, 0.15) is 12.3 Å². The summed E-state index contributed by atoms with van der Waals surface area (Å²) in [7, 11) is 0. The Kier molecular flexibility index (Phi) is 15.7. The first kappa shape index (κ1) is 37.0. The van der Waals surface area contributed by atoms with Crippen LogP contribution in [0.3, 0.4) is 0 Å². The molecule has 8 heteroatoms. The van der Waals surface area contributed by atoms with Crippen molar-refractivity contribution in [3.8, 4) is 17.4 Å². The molecule has 42 heavy (non-hydrogen) atoms. The van der Waals surface area contributed by atoms with Gasteiger partial charge < -0.3 is 4.74 Å². The third-order valence-corrected chi connectivity index (χ3v) is 7.24. The van der Waals surface area contributed by atoms with Crippen LogP contribution in [0.5, 0.6) is 5.88 Å². The van der Waals surface area contributed by atoms with E-state index in [2.05, 4.69) is 80.9 Å². The number of aromatic nitrogens is 4. The molecule has 0 fully saturated rings. The summed E-state index contributed by atoms with van der Waals surface area (Å²) < 4.78 is 31.8. The highest BCUT2D eigenvalue weighted by Crippen LogP contribution is 2.28. The summed E-state index contributed by atoms with van der Waals surface area (Å²) >= 11 is 6.31. The maximum absolute atomic E-state index is 12.0. The van der Waals surface area contributed by atoms with E-state index in [1.165, 1.54) is 36.1 Å². The highest BCUT2D eigenvalue weighted by Gasteiger charge is 2.22. The van der Waals surface area contributed by atoms with Crippen molar-refractivity contribution in [2.45, 2.75) is 108 Å². The number of nitrogens with zero attached hydrogens (tertiary/aromatic N) is 4. The number of hydrogen-bond acceptors (Lipinski definition) is 4. The van der Waals surface area contributed by atoms with Gasteiger partial charge in [-0.3, -0.25) is 4.68 Å². The van der Waals surface area contributed by atoms with E-state index < -0.39 is 5.92 Å². The SMILES string of the molecule is C/C=C(\C)C(C)(F)F.CCC(C)=C(C)c1ccc(COc2ccnc(-c3c(Cl)cnn3C(C)C)n2)cc1.CCC(C)C. The number of allylic oxidation sites excluding steroid dienone is 4. The standard InChI is InChI=1S/C23H27ClN4O.C6H10F2.C5H12/c1-6-16(4)17(5)19-9-7-18(8-10-19)14-29-21-11-12-25-23(27-21)22-20(24)13-26-28(22)15(2)3;1-4-5(2)6(3,7)8;1-4-5(2)3/h7-13,15H,6,14H2,1-5H3;4H,1-3H3;5H,4H2,1-3H3/b;5-4+;. The second-order valence-electron chi connectivity index (χ2n) is 11.0. The minimum absolute atomic E-state index is 0.123. The van der Waals surface area contributed by atoms with Crippen molar-refractivity contribution < 1.29 is 13.5 Å². The third-order valence-electron chi connectivity index (χ3n) is 6.97. The lowest BCUT2D eigenvalue weighted by Crippen LogP contribution is -2.10. The molecule has 1 aromatic carbocycles. The highest BCUT2D eigenvalue weighted by atomic mass is 35.5. The maximum Gasteiger partial charge on any atom is 0.266 e. The molecule has 0 unspecified atom stereocenters. The minimum atomic E-state index is -2.63. The van der Waals surface area contributed by atoms with Crippen LogP contribution in [0.25, 0.3) is 17.1 Å². The van der Waals surface area contributed by atoms with E-state index in [0.29, 0.717) is 29.0 Å². The molecule has 0 spiro atoms. The summed E-state index contributed by atoms with van der Waals surface area (Å²) in [6.07, 6.45) is 7.08. The van der Waals surface area contributed by atoms with Gasteiger partial charge in [0.05, 0.1) is 11.2 Å². The zero-order valence-corrected chi connectivity index (χ0v) is 28.0. The fourth-order valence-electron chi connectivity index (χ4n) is 3.25. The predicted molar refractivity (Wildman–Crippen MR) is 173 cm³/mol. The highest BCUT2D eigenvalue weighted by molar-refractivity contribution is 6.32. The van der Waals surface area contributed by atoms with Gasteiger partial charge in [0, 0.05) is 25.2 Å². The lowest BCUT2D eigenvalue weighted by Gasteiger charge is -2.12. The van der Waals surface area contributed by atoms with Crippen molar-refractivity contribution in [2.75, 3.05) is 0 Å². The topological polar surface area (TPSA) is 52.8 Å². The molecule has 5 nitrogen and oxygen atoms in total. The lowest BCUT2D eigenvalue weighted by atomic mass is 10.00. The molecule has 3 aromatic rings. The van der Waals surface area contributed by atoms with Crippen LogP contribution < -0.4 is 4.74 Å². The maximum atomic E-state index is 12.0. The van der Waals surface area contributed by atoms with Crippen LogP contribution in [0.1, 0.15) is 106 Å². The fraction of sp³-hybridized carbons (Fsp3) is 0.500. The number of rotatable bonds is 9. The zero-order chi connectivity index (χ0) is 32.0. The number of hydrogen-bond donors (Lipinski definition) is 0. The number of benzene rings is 1. The molecule has 0 N–H and O–H groups in total. The molecule has 0 bridgehead atoms. The van der Waals surface area contributed by atoms with E-state index in [1.54, 1.807) is 25.4 Å². The lowest BCUT2D eigenvalue weighted by molar-refractivity contribution is 0.0633. The summed E-state index contributed by atoms with van der Waals surface area (Å²) in [5.74, 6) is -0.737. The normalized spacial score (nSPS) is 12.3. The summed E-state index contributed by atoms with van der Waals surface area (Å²) in [6, 6.07) is 10.4. The molecule has 0 aliphatic rings. The Balaban J connectivity index is 0.000000567. The van der Waals surface area contributed by atoms with E-state index in [4.69, 9.17) is 16.3 Å². The molecule has 0 saturated carbocycles. The zero-order valence-electron chi connectivity index (χ0n) is 27.2. The molecule has 0 saturated heterocycles. The summed E-state index contributed by atoms with van der Waals surface area (Å²) in [5.41, 5.74) is 5.89. The van der Waals surface area contributed by atoms with Gasteiger partial charge in [0.25, 0.3) is 5.92 Å². The third kappa shape index (κ3) is 12.0. The first-order valence-corrected chi connectivity index (χ1v) is 15.0. The van der Waals surface area contributed by atoms with Gasteiger partial charge >= 0.3 is 0 Å². The predicted octanol–water partition coefficient (Wildman–Crippen LogP) is 11.0. The Labute approximate surface area is 257 Å². The van der Waals surface area contributed by atoms with Gasteiger partial charge in [-0.2, -0.15) is 10.1 Å². The van der Waals surface area contributed by atoms with Gasteiger partial charge in [-0.05, 0) is 76.2 Å². The average Bonchev–Trinajstić information content (AvgIpc) is 3.37. The number of alkyl halides is 2. The Bertz CT molecular complexity index is 1290. The smallest absolute Gasteiger partial charge is 0.266 e. The Morgan fingerprint density at radius 3 is 2.10 bits per heavy atom. The average molecular weight is 603 g/mol. The monoisotopic (exact) mass is 602 g/mol. The van der Waals surface area contributed by atoms with E-state index >= 15 is 0 Å². The molecule has 3 rings (SSSR count). The van der Waals surface area contributed by atoms with Gasteiger partial charge in [0.15, 0.2) is 5.82 Å². The largest absolute Gasteiger partial charge is 0.473 e. The second kappa shape index (κ2) is 17.8. The molecule has 0 radical (unpaired) electrons. The fourth-order valence-corrected chi connectivity index (χ4v) is 3.47. The van der Waals surface area contributed by atoms with E-state index in [9.17, 15) is 8.78 Å². The van der Waals surface area contributed by atoms with Crippen molar-refractivity contribution in [2.24, 2.45) is 5.92 Å². The van der Waals surface area contributed by atoms with Crippen LogP contribution in [0.15, 0.2) is 59.9 Å². The van der Waals surface area contributed by atoms with Crippen LogP contribution in [-0.4, -0.2) is 25.7 Å². The Hall–Kier alpha value is -3.06. The van der Waals surface area contributed by atoms with Gasteiger partial charge in [-0.25, -0.2) is 13.8 Å². The molecular weight excluding hydrogens is 554 g/mol. The van der Waals surface area contributed by atoms with Crippen LogP contribution >= 0.6 is 11.6 Å². The van der Waals surface area contributed by atoms with Crippen molar-refractivity contribution in [1.29, 1.82) is 0 Å². The molecule has 0 atom stereocenters. The molecule has 2 aromatic heterocycles. The number of halogens is 3. The molecule has 0 aliphatic heterocycles. The first-order chi connectivity index (χ1) is 19.7. The molecule has 232 valence electrons. The summed E-state index contributed by atoms with van der Waals surface area (Å²) in [5, 5.41) is 4.84. The number of ether oxygens (including phenoxy) is 1. The van der Waals surface area contributed by atoms with Crippen molar-refractivity contribution in [3.05, 3.63) is 76.1 Å². The Morgan fingerprint density at radius 1 is 1.05 bits per heavy atom. The summed E-state index contributed by atoms with van der Waals surface area (Å²) in [6.45, 7) is 21.6. The first-order valence-electron chi connectivity index (χ1n) is 14.6. The van der Waals surface area contributed by atoms with Crippen LogP contribution in [0, 0.1) is 5.92 Å². The van der Waals surface area contributed by atoms with Gasteiger partial charge in [0.2, 0.25) is 5.88 Å². The molecular formula is C34H49ClF2N4O. The minimum Gasteiger partial charge on any atom is -0.473 e. The molecule has 0 aliphatic carbocycles. The van der Waals surface area contributed by atoms with E-state index in [-0.39, 0.29) is 11.6 Å². The van der Waals surface area contributed by atoms with Crippen molar-refractivity contribution in [1.82, 2.24) is 19.7 Å². The van der Waals surface area contributed by atoms with Gasteiger partial charge in [-0.15, -0.1) is 0 Å². The molecule has 2 heterocycles. The van der Waals surface area contributed by atoms with Gasteiger partial charge in [-0.1, -0.05) is 81.6 Å². The van der Waals surface area contributed by atoms with Crippen molar-refractivity contribution >= 4 is 17.2 Å². The van der Waals surface area contributed by atoms with Crippen molar-refractivity contribution in [3.63, 3.8) is 0 Å². The Morgan fingerprint density at radius 2 is 1.64 bits per heavy atom. The van der Waals surface area contributed by atoms with Crippen LogP contribution in [0.2, 0.25) is 5.02 Å². The molecule has 0 amide bonds. The van der Waals surface area contributed by atoms with Crippen LogP contribution in [-0.2, 0) is 6.61 Å². The summed E-state index contributed by atoms with van der Waals surface area (Å²) in [4.78, 5) is 8.88.